The molecule has 0 spiro atoms. The van der Waals surface area contributed by atoms with Crippen LogP contribution in [0.3, 0.4) is 0 Å². The number of nitrogens with one attached hydrogen (secondary N) is 2. The molecule has 4 rings (SSSR count). The van der Waals surface area contributed by atoms with Crippen LogP contribution in [-0.2, 0) is 14.3 Å². The lowest BCUT2D eigenvalue weighted by Gasteiger charge is -2.21. The molecule has 1 unspecified atom stereocenters. The van der Waals surface area contributed by atoms with Crippen LogP contribution in [0.5, 0.6) is 0 Å². The van der Waals surface area contributed by atoms with Crippen LogP contribution in [0, 0.1) is 5.92 Å². The highest BCUT2D eigenvalue weighted by Crippen LogP contribution is 2.44. The molecule has 7 nitrogen and oxygen atoms in total. The second kappa shape index (κ2) is 9.42. The van der Waals surface area contributed by atoms with Crippen LogP contribution in [0.2, 0.25) is 0 Å². The van der Waals surface area contributed by atoms with Gasteiger partial charge < -0.3 is 20.5 Å². The highest BCUT2D eigenvalue weighted by Gasteiger charge is 2.39. The number of carbonyl (C=O) groups excluding carboxylic acids is 2. The third-order valence-corrected chi connectivity index (χ3v) is 6.18. The fourth-order valence-electron chi connectivity index (χ4n) is 4.40. The van der Waals surface area contributed by atoms with Crippen molar-refractivity contribution in [2.45, 2.75) is 50.6 Å². The molecule has 0 aromatic heterocycles. The van der Waals surface area contributed by atoms with Crippen LogP contribution in [0.25, 0.3) is 11.1 Å². The lowest BCUT2D eigenvalue weighted by molar-refractivity contribution is -0.142. The number of ether oxygens (including phenoxy) is 1. The SMILES string of the molecule is CCC[C@@H](NC(=O)C(NC(=O)OCC1c2ccccc2-c2ccccc21)C1CC1)C(=O)O. The van der Waals surface area contributed by atoms with Gasteiger partial charge in [0.05, 0.1) is 0 Å². The van der Waals surface area contributed by atoms with E-state index in [-0.39, 0.29) is 18.4 Å². The Labute approximate surface area is 187 Å². The van der Waals surface area contributed by atoms with E-state index in [4.69, 9.17) is 4.74 Å². The second-order valence-electron chi connectivity index (χ2n) is 8.47. The van der Waals surface area contributed by atoms with Crippen LogP contribution in [0.15, 0.2) is 48.5 Å². The molecule has 7 heteroatoms. The van der Waals surface area contributed by atoms with Crippen molar-refractivity contribution in [3.05, 3.63) is 59.7 Å². The largest absolute Gasteiger partial charge is 0.480 e. The molecule has 2 atom stereocenters. The molecule has 2 amide bonds. The molecule has 1 saturated carbocycles. The van der Waals surface area contributed by atoms with Gasteiger partial charge in [-0.2, -0.15) is 0 Å². The predicted octanol–water partition coefficient (Wildman–Crippen LogP) is 3.67. The molecule has 0 heterocycles. The van der Waals surface area contributed by atoms with Gasteiger partial charge in [-0.25, -0.2) is 9.59 Å². The number of benzene rings is 2. The van der Waals surface area contributed by atoms with Gasteiger partial charge in [-0.3, -0.25) is 4.79 Å². The van der Waals surface area contributed by atoms with Crippen molar-refractivity contribution in [3.63, 3.8) is 0 Å². The van der Waals surface area contributed by atoms with Crippen LogP contribution in [0.1, 0.15) is 49.7 Å². The van der Waals surface area contributed by atoms with Gasteiger partial charge in [0.15, 0.2) is 0 Å². The van der Waals surface area contributed by atoms with Gasteiger partial charge in [-0.15, -0.1) is 0 Å². The minimum atomic E-state index is -1.07. The average molecular weight is 437 g/mol. The van der Waals surface area contributed by atoms with E-state index >= 15 is 0 Å². The van der Waals surface area contributed by atoms with Crippen molar-refractivity contribution >= 4 is 18.0 Å². The number of carboxylic acid groups (broad SMARTS) is 1. The van der Waals surface area contributed by atoms with E-state index in [1.54, 1.807) is 0 Å². The highest BCUT2D eigenvalue weighted by molar-refractivity contribution is 5.89. The minimum Gasteiger partial charge on any atom is -0.480 e. The predicted molar refractivity (Wildman–Crippen MR) is 119 cm³/mol. The van der Waals surface area contributed by atoms with Crippen molar-refractivity contribution in [2.24, 2.45) is 5.92 Å². The van der Waals surface area contributed by atoms with E-state index in [0.717, 1.165) is 35.1 Å². The molecule has 3 N–H and O–H groups in total. The van der Waals surface area contributed by atoms with Gasteiger partial charge in [0.2, 0.25) is 5.91 Å². The zero-order valence-corrected chi connectivity index (χ0v) is 18.0. The summed E-state index contributed by atoms with van der Waals surface area (Å²) in [5, 5.41) is 14.5. The topological polar surface area (TPSA) is 105 Å². The standard InChI is InChI=1S/C25H28N2O5/c1-2-7-21(24(29)30)26-23(28)22(15-12-13-15)27-25(31)32-14-20-18-10-5-3-8-16(18)17-9-4-6-11-19(17)20/h3-6,8-11,15,20-22H,2,7,12-14H2,1H3,(H,26,28)(H,27,31)(H,29,30)/t21-,22?/m1/s1. The monoisotopic (exact) mass is 436 g/mol. The average Bonchev–Trinajstić information content (AvgIpc) is 3.58. The third-order valence-electron chi connectivity index (χ3n) is 6.18. The number of aliphatic carboxylic acids is 1. The number of carbonyl (C=O) groups is 3. The summed E-state index contributed by atoms with van der Waals surface area (Å²) in [5.74, 6) is -1.61. The molecule has 0 saturated heterocycles. The summed E-state index contributed by atoms with van der Waals surface area (Å²) < 4.78 is 5.55. The van der Waals surface area contributed by atoms with Crippen LogP contribution < -0.4 is 10.6 Å². The molecule has 2 aliphatic carbocycles. The lowest BCUT2D eigenvalue weighted by Crippen LogP contribution is -2.52. The van der Waals surface area contributed by atoms with E-state index in [9.17, 15) is 19.5 Å². The summed E-state index contributed by atoms with van der Waals surface area (Å²) in [6.45, 7) is 2.02. The zero-order chi connectivity index (χ0) is 22.7. The smallest absolute Gasteiger partial charge is 0.407 e. The van der Waals surface area contributed by atoms with Crippen LogP contribution >= 0.6 is 0 Å². The number of carboxylic acids is 1. The first-order chi connectivity index (χ1) is 15.5. The summed E-state index contributed by atoms with van der Waals surface area (Å²) in [6.07, 6.45) is 1.93. The van der Waals surface area contributed by atoms with Crippen molar-refractivity contribution in [2.75, 3.05) is 6.61 Å². The van der Waals surface area contributed by atoms with Crippen molar-refractivity contribution in [3.8, 4) is 11.1 Å². The van der Waals surface area contributed by atoms with Crippen LogP contribution in [-0.4, -0.2) is 41.8 Å². The summed E-state index contributed by atoms with van der Waals surface area (Å²) in [6, 6.07) is 14.4. The maximum atomic E-state index is 12.7. The van der Waals surface area contributed by atoms with E-state index in [2.05, 4.69) is 22.8 Å². The minimum absolute atomic E-state index is 0.00607. The number of alkyl carbamates (subject to hydrolysis) is 1. The molecule has 2 aromatic carbocycles. The highest BCUT2D eigenvalue weighted by atomic mass is 16.5. The van der Waals surface area contributed by atoms with Gasteiger partial charge in [0.25, 0.3) is 0 Å². The Kier molecular flexibility index (Phi) is 6.44. The summed E-state index contributed by atoms with van der Waals surface area (Å²) in [5.41, 5.74) is 4.51. The molecule has 0 radical (unpaired) electrons. The summed E-state index contributed by atoms with van der Waals surface area (Å²) >= 11 is 0. The Hall–Kier alpha value is -3.35. The molecular weight excluding hydrogens is 408 g/mol. The molecule has 168 valence electrons. The molecule has 2 aliphatic rings. The molecule has 0 bridgehead atoms. The quantitative estimate of drug-likeness (QED) is 0.556. The molecule has 2 aromatic rings. The third kappa shape index (κ3) is 4.61. The fourth-order valence-corrected chi connectivity index (χ4v) is 4.40. The lowest BCUT2D eigenvalue weighted by atomic mass is 9.98. The Morgan fingerprint density at radius 3 is 2.12 bits per heavy atom. The maximum absolute atomic E-state index is 12.7. The normalized spacial score (nSPS) is 16.4. The number of fused-ring (bicyclic) bond motifs is 3. The molecule has 32 heavy (non-hydrogen) atoms. The first kappa shape index (κ1) is 21.9. The van der Waals surface area contributed by atoms with E-state index in [1.165, 1.54) is 0 Å². The zero-order valence-electron chi connectivity index (χ0n) is 18.0. The Bertz CT molecular complexity index is 971. The van der Waals surface area contributed by atoms with Gasteiger partial charge in [0, 0.05) is 5.92 Å². The van der Waals surface area contributed by atoms with E-state index < -0.39 is 30.1 Å². The van der Waals surface area contributed by atoms with Gasteiger partial charge in [-0.05, 0) is 47.4 Å². The van der Waals surface area contributed by atoms with Crippen molar-refractivity contribution in [1.29, 1.82) is 0 Å². The van der Waals surface area contributed by atoms with E-state index in [0.29, 0.717) is 12.8 Å². The molecule has 0 aliphatic heterocycles. The summed E-state index contributed by atoms with van der Waals surface area (Å²) in [7, 11) is 0. The Balaban J connectivity index is 1.40. The first-order valence-electron chi connectivity index (χ1n) is 11.1. The van der Waals surface area contributed by atoms with Gasteiger partial charge in [0.1, 0.15) is 18.7 Å². The van der Waals surface area contributed by atoms with Crippen molar-refractivity contribution < 1.29 is 24.2 Å². The molecular formula is C25H28N2O5. The number of rotatable bonds is 9. The first-order valence-corrected chi connectivity index (χ1v) is 11.1. The number of hydrogen-bond acceptors (Lipinski definition) is 4. The second-order valence-corrected chi connectivity index (χ2v) is 8.47. The number of hydrogen-bond donors (Lipinski definition) is 3. The van der Waals surface area contributed by atoms with Gasteiger partial charge in [-0.1, -0.05) is 61.9 Å². The number of amides is 2. The Morgan fingerprint density at radius 1 is 1.00 bits per heavy atom. The van der Waals surface area contributed by atoms with E-state index in [1.807, 2.05) is 43.3 Å². The van der Waals surface area contributed by atoms with Crippen molar-refractivity contribution in [1.82, 2.24) is 10.6 Å². The summed E-state index contributed by atoms with van der Waals surface area (Å²) in [4.78, 5) is 36.7. The van der Waals surface area contributed by atoms with Crippen LogP contribution in [0.4, 0.5) is 4.79 Å². The Morgan fingerprint density at radius 2 is 1.59 bits per heavy atom. The maximum Gasteiger partial charge on any atom is 0.407 e. The molecule has 1 fully saturated rings. The fraction of sp³-hybridized carbons (Fsp3) is 0.400. The van der Waals surface area contributed by atoms with Gasteiger partial charge >= 0.3 is 12.1 Å².